The van der Waals surface area contributed by atoms with Gasteiger partial charge in [0.15, 0.2) is 11.6 Å². The highest BCUT2D eigenvalue weighted by Gasteiger charge is 2.33. The third kappa shape index (κ3) is 1.46. The third-order valence-electron chi connectivity index (χ3n) is 3.32. The first-order chi connectivity index (χ1) is 9.00. The largest absolute Gasteiger partial charge is 0.508 e. The maximum absolute atomic E-state index is 12.4. The molecule has 4 nitrogen and oxygen atoms in total. The van der Waals surface area contributed by atoms with Crippen LogP contribution in [0.3, 0.4) is 0 Å². The molecule has 94 valence electrons. The van der Waals surface area contributed by atoms with Crippen LogP contribution in [0.15, 0.2) is 30.3 Å². The van der Waals surface area contributed by atoms with Gasteiger partial charge in [-0.15, -0.1) is 0 Å². The van der Waals surface area contributed by atoms with E-state index in [1.165, 1.54) is 6.07 Å². The number of aryl methyl sites for hydroxylation is 1. The number of ketones is 2. The fraction of sp³-hybridized carbons (Fsp3) is 0.0667. The van der Waals surface area contributed by atoms with Crippen LogP contribution in [0.4, 0.5) is 0 Å². The molecule has 0 aliphatic heterocycles. The van der Waals surface area contributed by atoms with E-state index in [9.17, 15) is 19.8 Å². The molecule has 0 unspecified atom stereocenters. The summed E-state index contributed by atoms with van der Waals surface area (Å²) in [7, 11) is 0. The van der Waals surface area contributed by atoms with Crippen LogP contribution in [0.2, 0.25) is 0 Å². The van der Waals surface area contributed by atoms with Gasteiger partial charge in [0, 0.05) is 22.8 Å². The lowest BCUT2D eigenvalue weighted by molar-refractivity contribution is 0.0976. The number of fused-ring (bicyclic) bond motifs is 2. The monoisotopic (exact) mass is 254 g/mol. The van der Waals surface area contributed by atoms with E-state index >= 15 is 0 Å². The van der Waals surface area contributed by atoms with Crippen LogP contribution in [-0.2, 0) is 0 Å². The number of phenols is 2. The van der Waals surface area contributed by atoms with Crippen molar-refractivity contribution < 1.29 is 19.8 Å². The summed E-state index contributed by atoms with van der Waals surface area (Å²) in [6.07, 6.45) is 0. The number of carbonyl (C=O) groups excluding carboxylic acids is 2. The van der Waals surface area contributed by atoms with E-state index in [0.717, 1.165) is 6.07 Å². The van der Waals surface area contributed by atoms with E-state index in [2.05, 4.69) is 0 Å². The van der Waals surface area contributed by atoms with Gasteiger partial charge in [-0.05, 0) is 18.6 Å². The van der Waals surface area contributed by atoms with Gasteiger partial charge in [-0.2, -0.15) is 0 Å². The molecule has 0 atom stereocenters. The molecule has 0 spiro atoms. The van der Waals surface area contributed by atoms with Crippen LogP contribution in [0, 0.1) is 6.92 Å². The maximum Gasteiger partial charge on any atom is 0.198 e. The quantitative estimate of drug-likeness (QED) is 0.644. The van der Waals surface area contributed by atoms with Crippen LogP contribution in [-0.4, -0.2) is 21.8 Å². The van der Waals surface area contributed by atoms with Gasteiger partial charge in [0.1, 0.15) is 11.5 Å². The van der Waals surface area contributed by atoms with Gasteiger partial charge in [-0.1, -0.05) is 18.2 Å². The summed E-state index contributed by atoms with van der Waals surface area (Å²) in [5.41, 5.74) is 1.33. The number of carbonyl (C=O) groups is 2. The molecule has 3 rings (SSSR count). The molecule has 0 radical (unpaired) electrons. The topological polar surface area (TPSA) is 74.6 Å². The Morgan fingerprint density at radius 3 is 2.32 bits per heavy atom. The van der Waals surface area contributed by atoms with Crippen molar-refractivity contribution in [1.29, 1.82) is 0 Å². The minimum absolute atomic E-state index is 0.0408. The van der Waals surface area contributed by atoms with Gasteiger partial charge < -0.3 is 10.2 Å². The lowest BCUT2D eigenvalue weighted by atomic mass is 9.81. The Morgan fingerprint density at radius 2 is 1.58 bits per heavy atom. The van der Waals surface area contributed by atoms with Crippen LogP contribution in [0.5, 0.6) is 11.5 Å². The molecule has 0 amide bonds. The lowest BCUT2D eigenvalue weighted by Crippen LogP contribution is -2.22. The standard InChI is InChI=1S/C15H10O4/c1-7-3-2-4-9-12(7)15(19)10-5-8(16)6-11(17)13(10)14(9)18/h2-6,16-17H,1H3. The summed E-state index contributed by atoms with van der Waals surface area (Å²) in [6, 6.07) is 7.28. The third-order valence-corrected chi connectivity index (χ3v) is 3.32. The van der Waals surface area contributed by atoms with E-state index in [1.807, 2.05) is 0 Å². The van der Waals surface area contributed by atoms with Crippen molar-refractivity contribution in [2.75, 3.05) is 0 Å². The number of phenolic OH excluding ortho intramolecular Hbond substituents is 2. The zero-order chi connectivity index (χ0) is 13.7. The van der Waals surface area contributed by atoms with Crippen molar-refractivity contribution in [2.24, 2.45) is 0 Å². The van der Waals surface area contributed by atoms with Crippen LogP contribution < -0.4 is 0 Å². The van der Waals surface area contributed by atoms with E-state index < -0.39 is 5.78 Å². The Bertz CT molecular complexity index is 744. The van der Waals surface area contributed by atoms with Crippen LogP contribution in [0.25, 0.3) is 0 Å². The molecule has 0 aromatic heterocycles. The van der Waals surface area contributed by atoms with E-state index in [0.29, 0.717) is 16.7 Å². The molecule has 0 bridgehead atoms. The summed E-state index contributed by atoms with van der Waals surface area (Å²) in [5.74, 6) is -1.37. The zero-order valence-corrected chi connectivity index (χ0v) is 10.1. The molecule has 19 heavy (non-hydrogen) atoms. The molecule has 2 aromatic rings. The van der Waals surface area contributed by atoms with Gasteiger partial charge >= 0.3 is 0 Å². The summed E-state index contributed by atoms with van der Waals surface area (Å²) in [6.45, 7) is 1.75. The minimum atomic E-state index is -0.397. The fourth-order valence-corrected chi connectivity index (χ4v) is 2.46. The second kappa shape index (κ2) is 3.68. The van der Waals surface area contributed by atoms with Crippen molar-refractivity contribution in [3.8, 4) is 11.5 Å². The van der Waals surface area contributed by atoms with Crippen molar-refractivity contribution in [3.63, 3.8) is 0 Å². The Kier molecular flexibility index (Phi) is 2.22. The second-order valence-corrected chi connectivity index (χ2v) is 4.54. The van der Waals surface area contributed by atoms with Crippen molar-refractivity contribution in [3.05, 3.63) is 58.1 Å². The lowest BCUT2D eigenvalue weighted by Gasteiger charge is -2.19. The maximum atomic E-state index is 12.4. The predicted molar refractivity (Wildman–Crippen MR) is 67.8 cm³/mol. The summed E-state index contributed by atoms with van der Waals surface area (Å²) in [5, 5.41) is 19.3. The molecule has 0 heterocycles. The first-order valence-electron chi connectivity index (χ1n) is 5.75. The molecular weight excluding hydrogens is 244 g/mol. The number of rotatable bonds is 0. The van der Waals surface area contributed by atoms with E-state index in [1.54, 1.807) is 25.1 Å². The Balaban J connectivity index is 2.40. The van der Waals surface area contributed by atoms with Crippen LogP contribution in [0.1, 0.15) is 37.4 Å². The SMILES string of the molecule is Cc1cccc2c1C(=O)c1cc(O)cc(O)c1C2=O. The highest BCUT2D eigenvalue weighted by atomic mass is 16.3. The summed E-state index contributed by atoms with van der Waals surface area (Å²) >= 11 is 0. The number of hydrogen-bond donors (Lipinski definition) is 2. The van der Waals surface area contributed by atoms with E-state index in [4.69, 9.17) is 0 Å². The van der Waals surface area contributed by atoms with Crippen LogP contribution >= 0.6 is 0 Å². The molecule has 4 heteroatoms. The average Bonchev–Trinajstić information content (AvgIpc) is 2.35. The van der Waals surface area contributed by atoms with Crippen molar-refractivity contribution >= 4 is 11.6 Å². The van der Waals surface area contributed by atoms with Gasteiger partial charge in [0.25, 0.3) is 0 Å². The molecular formula is C15H10O4. The Morgan fingerprint density at radius 1 is 0.895 bits per heavy atom. The van der Waals surface area contributed by atoms with Gasteiger partial charge in [-0.3, -0.25) is 9.59 Å². The summed E-state index contributed by atoms with van der Waals surface area (Å²) < 4.78 is 0. The summed E-state index contributed by atoms with van der Waals surface area (Å²) in [4.78, 5) is 24.7. The fourth-order valence-electron chi connectivity index (χ4n) is 2.46. The number of benzene rings is 2. The first kappa shape index (κ1) is 11.5. The predicted octanol–water partition coefficient (Wildman–Crippen LogP) is 2.18. The molecule has 0 saturated carbocycles. The number of aromatic hydroxyl groups is 2. The Labute approximate surface area is 108 Å². The van der Waals surface area contributed by atoms with Gasteiger partial charge in [-0.25, -0.2) is 0 Å². The number of hydrogen-bond acceptors (Lipinski definition) is 4. The minimum Gasteiger partial charge on any atom is -0.508 e. The van der Waals surface area contributed by atoms with Gasteiger partial charge in [0.2, 0.25) is 0 Å². The highest BCUT2D eigenvalue weighted by Crippen LogP contribution is 2.36. The molecule has 0 fully saturated rings. The first-order valence-corrected chi connectivity index (χ1v) is 5.75. The molecule has 2 N–H and O–H groups in total. The van der Waals surface area contributed by atoms with Gasteiger partial charge in [0.05, 0.1) is 5.56 Å². The van der Waals surface area contributed by atoms with Crippen molar-refractivity contribution in [1.82, 2.24) is 0 Å². The second-order valence-electron chi connectivity index (χ2n) is 4.54. The van der Waals surface area contributed by atoms with E-state index in [-0.39, 0.29) is 28.4 Å². The molecule has 0 saturated heterocycles. The Hall–Kier alpha value is -2.62. The normalized spacial score (nSPS) is 13.1. The molecule has 1 aliphatic carbocycles. The highest BCUT2D eigenvalue weighted by molar-refractivity contribution is 6.29. The average molecular weight is 254 g/mol. The molecule has 1 aliphatic rings. The smallest absolute Gasteiger partial charge is 0.198 e. The molecule has 2 aromatic carbocycles. The zero-order valence-electron chi connectivity index (χ0n) is 10.1. The van der Waals surface area contributed by atoms with Crippen molar-refractivity contribution in [2.45, 2.75) is 6.92 Å².